The van der Waals surface area contributed by atoms with Crippen LogP contribution in [0.15, 0.2) is 59.5 Å². The van der Waals surface area contributed by atoms with E-state index in [0.29, 0.717) is 39.1 Å². The molecule has 2 saturated heterocycles. The molecule has 0 aromatic heterocycles. The first-order valence-electron chi connectivity index (χ1n) is 11.0. The van der Waals surface area contributed by atoms with Gasteiger partial charge in [-0.1, -0.05) is 35.9 Å². The van der Waals surface area contributed by atoms with Crippen LogP contribution in [0.2, 0.25) is 0 Å². The predicted molar refractivity (Wildman–Crippen MR) is 119 cm³/mol. The lowest BCUT2D eigenvalue weighted by Crippen LogP contribution is -2.51. The Hall–Kier alpha value is -2.38. The van der Waals surface area contributed by atoms with Crippen molar-refractivity contribution < 1.29 is 17.9 Å². The van der Waals surface area contributed by atoms with Gasteiger partial charge < -0.3 is 9.64 Å². The molecule has 2 atom stereocenters. The lowest BCUT2D eigenvalue weighted by molar-refractivity contribution is -0.136. The lowest BCUT2D eigenvalue weighted by atomic mass is 9.98. The van der Waals surface area contributed by atoms with Gasteiger partial charge in [-0.15, -0.1) is 0 Å². The van der Waals surface area contributed by atoms with Crippen LogP contribution in [0.4, 0.5) is 0 Å². The van der Waals surface area contributed by atoms with E-state index < -0.39 is 16.1 Å². The average molecular weight is 443 g/mol. The van der Waals surface area contributed by atoms with Gasteiger partial charge >= 0.3 is 0 Å². The Morgan fingerprint density at radius 2 is 1.71 bits per heavy atom. The van der Waals surface area contributed by atoms with Gasteiger partial charge in [0.25, 0.3) is 0 Å². The third kappa shape index (κ3) is 4.93. The van der Waals surface area contributed by atoms with Crippen molar-refractivity contribution in [3.8, 4) is 5.75 Å². The Morgan fingerprint density at radius 1 is 1.00 bits per heavy atom. The van der Waals surface area contributed by atoms with E-state index in [2.05, 4.69) is 0 Å². The van der Waals surface area contributed by atoms with E-state index in [4.69, 9.17) is 4.74 Å². The van der Waals surface area contributed by atoms with Gasteiger partial charge in [-0.05, 0) is 56.9 Å². The molecule has 166 valence electrons. The van der Waals surface area contributed by atoms with Crippen molar-refractivity contribution in [1.29, 1.82) is 0 Å². The fourth-order valence-corrected chi connectivity index (χ4v) is 6.11. The highest BCUT2D eigenvalue weighted by Gasteiger charge is 2.41. The van der Waals surface area contributed by atoms with E-state index in [1.165, 1.54) is 4.31 Å². The van der Waals surface area contributed by atoms with Gasteiger partial charge in [-0.25, -0.2) is 8.42 Å². The number of nitrogens with zero attached hydrogens (tertiary/aromatic N) is 2. The molecule has 2 aliphatic heterocycles. The molecule has 0 N–H and O–H groups in total. The first-order valence-corrected chi connectivity index (χ1v) is 12.4. The molecule has 6 nitrogen and oxygen atoms in total. The second-order valence-corrected chi connectivity index (χ2v) is 10.4. The van der Waals surface area contributed by atoms with Crippen LogP contribution >= 0.6 is 0 Å². The number of hydrogen-bond acceptors (Lipinski definition) is 4. The van der Waals surface area contributed by atoms with Gasteiger partial charge in [0.15, 0.2) is 0 Å². The van der Waals surface area contributed by atoms with E-state index in [0.717, 1.165) is 24.2 Å². The number of hydrogen-bond donors (Lipinski definition) is 0. The van der Waals surface area contributed by atoms with E-state index in [1.54, 1.807) is 24.3 Å². The summed E-state index contributed by atoms with van der Waals surface area (Å²) in [5.74, 6) is 1.01. The van der Waals surface area contributed by atoms with Crippen LogP contribution in [-0.4, -0.2) is 55.8 Å². The Kier molecular flexibility index (Phi) is 6.62. The SMILES string of the molecule is Cc1ccc(S(=O)(=O)N2CCC[C@H]2C(=O)N2CCCC(COc3ccccc3)C2)cc1. The molecule has 2 fully saturated rings. The van der Waals surface area contributed by atoms with Crippen LogP contribution in [0.3, 0.4) is 0 Å². The molecule has 4 rings (SSSR count). The monoisotopic (exact) mass is 442 g/mol. The predicted octanol–water partition coefficient (Wildman–Crippen LogP) is 3.47. The number of ether oxygens (including phenoxy) is 1. The van der Waals surface area contributed by atoms with E-state index >= 15 is 0 Å². The molecule has 0 radical (unpaired) electrons. The highest BCUT2D eigenvalue weighted by molar-refractivity contribution is 7.89. The van der Waals surface area contributed by atoms with Crippen molar-refractivity contribution in [2.75, 3.05) is 26.2 Å². The Morgan fingerprint density at radius 3 is 2.45 bits per heavy atom. The van der Waals surface area contributed by atoms with Gasteiger partial charge in [0, 0.05) is 25.6 Å². The van der Waals surface area contributed by atoms with Gasteiger partial charge in [0.2, 0.25) is 15.9 Å². The van der Waals surface area contributed by atoms with Crippen molar-refractivity contribution in [2.45, 2.75) is 43.5 Å². The third-order valence-corrected chi connectivity index (χ3v) is 8.10. The van der Waals surface area contributed by atoms with Gasteiger partial charge in [-0.3, -0.25) is 4.79 Å². The summed E-state index contributed by atoms with van der Waals surface area (Å²) in [6.07, 6.45) is 3.19. The summed E-state index contributed by atoms with van der Waals surface area (Å²) in [6, 6.07) is 15.9. The number of aryl methyl sites for hydroxylation is 1. The Balaban J connectivity index is 1.42. The number of amides is 1. The quantitative estimate of drug-likeness (QED) is 0.687. The van der Waals surface area contributed by atoms with E-state index in [9.17, 15) is 13.2 Å². The maximum absolute atomic E-state index is 13.3. The standard InChI is InChI=1S/C24H30N2O4S/c1-19-11-13-22(14-12-19)31(28,29)26-16-6-10-23(26)24(27)25-15-5-7-20(17-25)18-30-21-8-3-2-4-9-21/h2-4,8-9,11-14,20,23H,5-7,10,15-18H2,1H3/t20?,23-/m0/s1. The second-order valence-electron chi connectivity index (χ2n) is 8.50. The van der Waals surface area contributed by atoms with Crippen molar-refractivity contribution in [1.82, 2.24) is 9.21 Å². The number of rotatable bonds is 6. The van der Waals surface area contributed by atoms with Crippen LogP contribution < -0.4 is 4.74 Å². The summed E-state index contributed by atoms with van der Waals surface area (Å²) in [4.78, 5) is 15.4. The maximum Gasteiger partial charge on any atom is 0.243 e. The highest BCUT2D eigenvalue weighted by atomic mass is 32.2. The first-order chi connectivity index (χ1) is 14.9. The molecule has 2 aliphatic rings. The zero-order valence-corrected chi connectivity index (χ0v) is 18.8. The minimum Gasteiger partial charge on any atom is -0.493 e. The van der Waals surface area contributed by atoms with Crippen LogP contribution in [0, 0.1) is 12.8 Å². The lowest BCUT2D eigenvalue weighted by Gasteiger charge is -2.35. The Labute approximate surface area is 184 Å². The summed E-state index contributed by atoms with van der Waals surface area (Å²) in [5, 5.41) is 0. The highest BCUT2D eigenvalue weighted by Crippen LogP contribution is 2.29. The van der Waals surface area contributed by atoms with Crippen molar-refractivity contribution in [2.24, 2.45) is 5.92 Å². The Bertz CT molecular complexity index is 992. The molecular weight excluding hydrogens is 412 g/mol. The minimum absolute atomic E-state index is 0.0717. The number of carbonyl (C=O) groups excluding carboxylic acids is 1. The van der Waals surface area contributed by atoms with Crippen molar-refractivity contribution in [3.63, 3.8) is 0 Å². The second kappa shape index (κ2) is 9.40. The van der Waals surface area contributed by atoms with Gasteiger partial charge in [0.1, 0.15) is 11.8 Å². The number of likely N-dealkylation sites (tertiary alicyclic amines) is 1. The number of sulfonamides is 1. The molecule has 1 unspecified atom stereocenters. The fraction of sp³-hybridized carbons (Fsp3) is 0.458. The topological polar surface area (TPSA) is 66.9 Å². The molecule has 2 aromatic carbocycles. The number of benzene rings is 2. The molecule has 31 heavy (non-hydrogen) atoms. The fourth-order valence-electron chi connectivity index (χ4n) is 4.46. The molecule has 7 heteroatoms. The average Bonchev–Trinajstić information content (AvgIpc) is 3.29. The molecule has 0 spiro atoms. The summed E-state index contributed by atoms with van der Waals surface area (Å²) in [7, 11) is -3.69. The summed E-state index contributed by atoms with van der Waals surface area (Å²) in [6.45, 7) is 4.16. The normalized spacial score (nSPS) is 22.4. The zero-order valence-electron chi connectivity index (χ0n) is 17.9. The van der Waals surface area contributed by atoms with Gasteiger partial charge in [-0.2, -0.15) is 4.31 Å². The number of carbonyl (C=O) groups is 1. The molecule has 2 aromatic rings. The molecular formula is C24H30N2O4S. The smallest absolute Gasteiger partial charge is 0.243 e. The van der Waals surface area contributed by atoms with Crippen LogP contribution in [0.1, 0.15) is 31.2 Å². The molecule has 0 bridgehead atoms. The van der Waals surface area contributed by atoms with Crippen LogP contribution in [0.5, 0.6) is 5.75 Å². The van der Waals surface area contributed by atoms with E-state index in [-0.39, 0.29) is 16.7 Å². The van der Waals surface area contributed by atoms with Crippen molar-refractivity contribution >= 4 is 15.9 Å². The van der Waals surface area contributed by atoms with Crippen molar-refractivity contribution in [3.05, 3.63) is 60.2 Å². The van der Waals surface area contributed by atoms with Crippen LogP contribution in [-0.2, 0) is 14.8 Å². The number of para-hydroxylation sites is 1. The molecule has 2 heterocycles. The zero-order chi connectivity index (χ0) is 21.8. The van der Waals surface area contributed by atoms with E-state index in [1.807, 2.05) is 42.2 Å². The minimum atomic E-state index is -3.69. The summed E-state index contributed by atoms with van der Waals surface area (Å²) in [5.41, 5.74) is 1.00. The molecule has 0 saturated carbocycles. The third-order valence-electron chi connectivity index (χ3n) is 6.18. The van der Waals surface area contributed by atoms with Crippen LogP contribution in [0.25, 0.3) is 0 Å². The largest absolute Gasteiger partial charge is 0.493 e. The molecule has 0 aliphatic carbocycles. The van der Waals surface area contributed by atoms with Gasteiger partial charge in [0.05, 0.1) is 11.5 Å². The number of piperidine rings is 1. The summed E-state index contributed by atoms with van der Waals surface area (Å²) < 4.78 is 33.7. The summed E-state index contributed by atoms with van der Waals surface area (Å²) >= 11 is 0. The first kappa shape index (κ1) is 21.8. The maximum atomic E-state index is 13.3. The molecule has 1 amide bonds.